The average molecular weight is 332 g/mol. The Morgan fingerprint density at radius 3 is 3.00 bits per heavy atom. The van der Waals surface area contributed by atoms with Gasteiger partial charge in [0.25, 0.3) is 0 Å². The lowest BCUT2D eigenvalue weighted by atomic mass is 10.2. The molecule has 22 heavy (non-hydrogen) atoms. The minimum atomic E-state index is 0.142. The second-order valence-electron chi connectivity index (χ2n) is 5.27. The highest BCUT2D eigenvalue weighted by Gasteiger charge is 2.24. The van der Waals surface area contributed by atoms with Gasteiger partial charge in [0.05, 0.1) is 24.9 Å². The highest BCUT2D eigenvalue weighted by atomic mass is 32.1. The Bertz CT molecular complexity index is 721. The van der Waals surface area contributed by atoms with Crippen LogP contribution in [0, 0.1) is 0 Å². The molecule has 114 valence electrons. The molecule has 0 saturated carbocycles. The number of nitrogens with zero attached hydrogens (tertiary/aromatic N) is 3. The minimum Gasteiger partial charge on any atom is -0.369 e. The highest BCUT2D eigenvalue weighted by Crippen LogP contribution is 2.26. The van der Waals surface area contributed by atoms with Crippen LogP contribution in [0.4, 0.5) is 0 Å². The molecule has 1 unspecified atom stereocenters. The monoisotopic (exact) mass is 332 g/mol. The molecule has 1 N–H and O–H groups in total. The number of ether oxygens (including phenoxy) is 1. The van der Waals surface area contributed by atoms with Gasteiger partial charge in [0, 0.05) is 24.0 Å². The molecule has 0 spiro atoms. The van der Waals surface area contributed by atoms with Gasteiger partial charge in [-0.25, -0.2) is 4.68 Å². The standard InChI is InChI=1S/C15H16N4OS2/c1-3-21-9-11(1)5-16-6-13-7-19-14(8-20-13)15(17-18-19)12-2-4-22-10-12/h1-4,9-10,13,16H,5-8H2. The van der Waals surface area contributed by atoms with E-state index in [0.717, 1.165) is 36.6 Å². The van der Waals surface area contributed by atoms with E-state index in [1.54, 1.807) is 22.7 Å². The van der Waals surface area contributed by atoms with Crippen molar-refractivity contribution in [2.45, 2.75) is 25.8 Å². The fourth-order valence-electron chi connectivity index (χ4n) is 2.58. The van der Waals surface area contributed by atoms with Crippen LogP contribution in [0.1, 0.15) is 11.3 Å². The van der Waals surface area contributed by atoms with Crippen LogP contribution >= 0.6 is 22.7 Å². The Labute approximate surface area is 136 Å². The van der Waals surface area contributed by atoms with E-state index >= 15 is 0 Å². The van der Waals surface area contributed by atoms with Gasteiger partial charge in [0.1, 0.15) is 5.69 Å². The zero-order valence-corrected chi connectivity index (χ0v) is 13.6. The van der Waals surface area contributed by atoms with E-state index in [1.165, 1.54) is 5.56 Å². The van der Waals surface area contributed by atoms with Gasteiger partial charge in [-0.2, -0.15) is 22.7 Å². The summed E-state index contributed by atoms with van der Waals surface area (Å²) < 4.78 is 7.94. The number of fused-ring (bicyclic) bond motifs is 1. The maximum Gasteiger partial charge on any atom is 0.119 e. The summed E-state index contributed by atoms with van der Waals surface area (Å²) >= 11 is 3.40. The van der Waals surface area contributed by atoms with Crippen molar-refractivity contribution in [2.24, 2.45) is 0 Å². The van der Waals surface area contributed by atoms with E-state index in [0.29, 0.717) is 6.61 Å². The lowest BCUT2D eigenvalue weighted by Crippen LogP contribution is -2.36. The Balaban J connectivity index is 1.38. The minimum absolute atomic E-state index is 0.142. The van der Waals surface area contributed by atoms with E-state index in [1.807, 2.05) is 4.68 Å². The van der Waals surface area contributed by atoms with Gasteiger partial charge in [-0.3, -0.25) is 0 Å². The summed E-state index contributed by atoms with van der Waals surface area (Å²) in [4.78, 5) is 0. The molecule has 0 aliphatic carbocycles. The van der Waals surface area contributed by atoms with Crippen molar-refractivity contribution in [1.29, 1.82) is 0 Å². The summed E-state index contributed by atoms with van der Waals surface area (Å²) in [6, 6.07) is 4.21. The van der Waals surface area contributed by atoms with Gasteiger partial charge in [0.2, 0.25) is 0 Å². The third-order valence-corrected chi connectivity index (χ3v) is 5.16. The molecule has 1 aliphatic rings. The zero-order valence-electron chi connectivity index (χ0n) is 11.9. The van der Waals surface area contributed by atoms with E-state index in [-0.39, 0.29) is 6.10 Å². The zero-order chi connectivity index (χ0) is 14.8. The van der Waals surface area contributed by atoms with E-state index in [4.69, 9.17) is 4.74 Å². The first-order valence-electron chi connectivity index (χ1n) is 7.18. The molecular formula is C15H16N4OS2. The van der Waals surface area contributed by atoms with Crippen LogP contribution in [0.5, 0.6) is 0 Å². The van der Waals surface area contributed by atoms with Crippen molar-refractivity contribution in [3.05, 3.63) is 44.9 Å². The van der Waals surface area contributed by atoms with Crippen LogP contribution in [0.2, 0.25) is 0 Å². The van der Waals surface area contributed by atoms with Gasteiger partial charge < -0.3 is 10.1 Å². The molecule has 7 heteroatoms. The molecule has 0 saturated heterocycles. The fraction of sp³-hybridized carbons (Fsp3) is 0.333. The number of rotatable bonds is 5. The van der Waals surface area contributed by atoms with Crippen LogP contribution in [-0.2, 0) is 24.4 Å². The van der Waals surface area contributed by atoms with Crippen molar-refractivity contribution in [3.8, 4) is 11.3 Å². The van der Waals surface area contributed by atoms with Crippen molar-refractivity contribution in [1.82, 2.24) is 20.3 Å². The SMILES string of the molecule is c1cc(CNCC2Cn3nnc(-c4ccsc4)c3CO2)cs1. The second kappa shape index (κ2) is 6.29. The van der Waals surface area contributed by atoms with Crippen molar-refractivity contribution in [2.75, 3.05) is 6.54 Å². The highest BCUT2D eigenvalue weighted by molar-refractivity contribution is 7.08. The van der Waals surface area contributed by atoms with E-state index in [2.05, 4.69) is 49.3 Å². The van der Waals surface area contributed by atoms with Crippen LogP contribution in [0.25, 0.3) is 11.3 Å². The second-order valence-corrected chi connectivity index (χ2v) is 6.83. The lowest BCUT2D eigenvalue weighted by molar-refractivity contribution is 0.00126. The van der Waals surface area contributed by atoms with Gasteiger partial charge in [-0.1, -0.05) is 5.21 Å². The topological polar surface area (TPSA) is 52.0 Å². The molecule has 0 radical (unpaired) electrons. The van der Waals surface area contributed by atoms with Crippen LogP contribution in [-0.4, -0.2) is 27.6 Å². The maximum absolute atomic E-state index is 5.96. The largest absolute Gasteiger partial charge is 0.369 e. The van der Waals surface area contributed by atoms with Crippen molar-refractivity contribution >= 4 is 22.7 Å². The number of aromatic nitrogens is 3. The summed E-state index contributed by atoms with van der Waals surface area (Å²) in [5.74, 6) is 0. The maximum atomic E-state index is 5.96. The molecule has 3 aromatic heterocycles. The Hall–Kier alpha value is -1.54. The molecule has 0 aromatic carbocycles. The van der Waals surface area contributed by atoms with Crippen LogP contribution in [0.15, 0.2) is 33.7 Å². The predicted molar refractivity (Wildman–Crippen MR) is 87.9 cm³/mol. The smallest absolute Gasteiger partial charge is 0.119 e. The molecule has 3 aromatic rings. The van der Waals surface area contributed by atoms with Crippen molar-refractivity contribution in [3.63, 3.8) is 0 Å². The van der Waals surface area contributed by atoms with Crippen LogP contribution in [0.3, 0.4) is 0 Å². The first kappa shape index (κ1) is 14.1. The Morgan fingerprint density at radius 1 is 1.27 bits per heavy atom. The molecule has 0 amide bonds. The van der Waals surface area contributed by atoms with E-state index < -0.39 is 0 Å². The van der Waals surface area contributed by atoms with Gasteiger partial charge >= 0.3 is 0 Å². The first-order valence-corrected chi connectivity index (χ1v) is 9.07. The summed E-state index contributed by atoms with van der Waals surface area (Å²) in [6.07, 6.45) is 0.142. The average Bonchev–Trinajstić information content (AvgIpc) is 3.28. The molecule has 4 heterocycles. The summed E-state index contributed by atoms with van der Waals surface area (Å²) in [6.45, 7) is 3.03. The Kier molecular flexibility index (Phi) is 4.03. The third kappa shape index (κ3) is 2.85. The van der Waals surface area contributed by atoms with Gasteiger partial charge in [0.15, 0.2) is 0 Å². The number of hydrogen-bond acceptors (Lipinski definition) is 6. The first-order chi connectivity index (χ1) is 10.9. The summed E-state index contributed by atoms with van der Waals surface area (Å²) in [5, 5.41) is 20.5. The molecule has 0 fully saturated rings. The molecular weight excluding hydrogens is 316 g/mol. The quantitative estimate of drug-likeness (QED) is 0.780. The molecule has 4 rings (SSSR count). The summed E-state index contributed by atoms with van der Waals surface area (Å²) in [7, 11) is 0. The Morgan fingerprint density at radius 2 is 2.18 bits per heavy atom. The number of nitrogens with one attached hydrogen (secondary N) is 1. The third-order valence-electron chi connectivity index (χ3n) is 3.75. The normalized spacial score (nSPS) is 17.5. The number of thiophene rings is 2. The van der Waals surface area contributed by atoms with Gasteiger partial charge in [-0.15, -0.1) is 5.10 Å². The van der Waals surface area contributed by atoms with Crippen LogP contribution < -0.4 is 5.32 Å². The lowest BCUT2D eigenvalue weighted by Gasteiger charge is -2.24. The molecule has 1 aliphatic heterocycles. The molecule has 0 bridgehead atoms. The molecule has 5 nitrogen and oxygen atoms in total. The number of hydrogen-bond donors (Lipinski definition) is 1. The van der Waals surface area contributed by atoms with Crippen molar-refractivity contribution < 1.29 is 4.74 Å². The fourth-order valence-corrected chi connectivity index (χ4v) is 3.89. The van der Waals surface area contributed by atoms with Gasteiger partial charge in [-0.05, 0) is 33.8 Å². The summed E-state index contributed by atoms with van der Waals surface area (Å²) in [5.41, 5.74) is 4.48. The molecule has 1 atom stereocenters. The predicted octanol–water partition coefficient (Wildman–Crippen LogP) is 2.76. The van der Waals surface area contributed by atoms with E-state index in [9.17, 15) is 0 Å².